The first-order valence-electron chi connectivity index (χ1n) is 15.6. The molecular formula is C42H27NO3. The topological polar surface area (TPSA) is 54.5 Å². The van der Waals surface area contributed by atoms with Crippen molar-refractivity contribution in [2.75, 3.05) is 0 Å². The monoisotopic (exact) mass is 593 g/mol. The molecule has 3 amide bonds. The van der Waals surface area contributed by atoms with Crippen LogP contribution in [0.1, 0.15) is 51.1 Å². The third-order valence-electron chi connectivity index (χ3n) is 9.90. The van der Waals surface area contributed by atoms with Crippen LogP contribution < -0.4 is 0 Å². The summed E-state index contributed by atoms with van der Waals surface area (Å²) < 4.78 is 0. The van der Waals surface area contributed by atoms with Gasteiger partial charge in [0.2, 0.25) is 17.7 Å². The second kappa shape index (κ2) is 10.1. The van der Waals surface area contributed by atoms with Gasteiger partial charge in [0.25, 0.3) is 0 Å². The minimum atomic E-state index is -0.793. The van der Waals surface area contributed by atoms with Gasteiger partial charge in [-0.3, -0.25) is 14.4 Å². The fourth-order valence-corrected chi connectivity index (χ4v) is 7.98. The molecule has 0 spiro atoms. The molecular weight excluding hydrogens is 566 g/mol. The normalized spacial score (nSPS) is 14.1. The van der Waals surface area contributed by atoms with Gasteiger partial charge in [0.15, 0.2) is 0 Å². The van der Waals surface area contributed by atoms with Crippen LogP contribution in [-0.4, -0.2) is 22.6 Å². The zero-order valence-corrected chi connectivity index (χ0v) is 24.8. The van der Waals surface area contributed by atoms with E-state index in [1.165, 1.54) is 0 Å². The van der Waals surface area contributed by atoms with Crippen molar-refractivity contribution in [1.29, 1.82) is 0 Å². The summed E-state index contributed by atoms with van der Waals surface area (Å²) in [5.41, 5.74) is 10.5. The van der Waals surface area contributed by atoms with E-state index < -0.39 is 35.5 Å². The number of carbonyl (C=O) groups is 3. The Morgan fingerprint density at radius 1 is 0.304 bits per heavy atom. The summed E-state index contributed by atoms with van der Waals surface area (Å²) in [6.07, 6.45) is 0. The average Bonchev–Trinajstić information content (AvgIpc) is 3.74. The molecule has 0 aromatic heterocycles. The van der Waals surface area contributed by atoms with Crippen molar-refractivity contribution >= 4 is 17.7 Å². The highest BCUT2D eigenvalue weighted by Crippen LogP contribution is 2.50. The fraction of sp³-hybridized carbons (Fsp3) is 0.0714. The minimum Gasteiger partial charge on any atom is -0.273 e. The van der Waals surface area contributed by atoms with Crippen molar-refractivity contribution in [1.82, 2.24) is 4.90 Å². The van der Waals surface area contributed by atoms with Gasteiger partial charge in [0, 0.05) is 0 Å². The lowest BCUT2D eigenvalue weighted by molar-refractivity contribution is -0.155. The van der Waals surface area contributed by atoms with Crippen LogP contribution in [-0.2, 0) is 14.4 Å². The number of fused-ring (bicyclic) bond motifs is 9. The second-order valence-corrected chi connectivity index (χ2v) is 12.2. The minimum absolute atomic E-state index is 0.517. The zero-order valence-electron chi connectivity index (χ0n) is 24.8. The van der Waals surface area contributed by atoms with E-state index in [0.29, 0.717) is 0 Å². The fourth-order valence-electron chi connectivity index (χ4n) is 7.98. The van der Waals surface area contributed by atoms with Gasteiger partial charge in [0.1, 0.15) is 0 Å². The lowest BCUT2D eigenvalue weighted by Gasteiger charge is -2.29. The molecule has 0 fully saturated rings. The van der Waals surface area contributed by atoms with E-state index in [0.717, 1.165) is 71.7 Å². The third kappa shape index (κ3) is 3.64. The van der Waals surface area contributed by atoms with Crippen LogP contribution in [0.5, 0.6) is 0 Å². The molecule has 0 aliphatic heterocycles. The number of benzene rings is 6. The Kier molecular flexibility index (Phi) is 5.81. The number of amides is 3. The summed E-state index contributed by atoms with van der Waals surface area (Å²) in [5, 5.41) is 0. The van der Waals surface area contributed by atoms with Crippen molar-refractivity contribution in [2.24, 2.45) is 0 Å². The number of rotatable bonds is 3. The lowest BCUT2D eigenvalue weighted by Crippen LogP contribution is -2.48. The van der Waals surface area contributed by atoms with Crippen molar-refractivity contribution in [3.63, 3.8) is 0 Å². The molecule has 3 aliphatic rings. The van der Waals surface area contributed by atoms with Crippen LogP contribution >= 0.6 is 0 Å². The van der Waals surface area contributed by atoms with E-state index in [4.69, 9.17) is 0 Å². The summed E-state index contributed by atoms with van der Waals surface area (Å²) in [4.78, 5) is 46.6. The average molecular weight is 594 g/mol. The maximum atomic E-state index is 15.2. The molecule has 0 unspecified atom stereocenters. The molecule has 46 heavy (non-hydrogen) atoms. The molecule has 0 saturated carbocycles. The smallest absolute Gasteiger partial charge is 0.248 e. The molecule has 4 nitrogen and oxygen atoms in total. The SMILES string of the molecule is O=C(C1c2ccccc2-c2ccccc21)N(C(=O)C1c2ccccc2-c2ccccc21)C(=O)C1c2ccccc2-c2ccccc21. The summed E-state index contributed by atoms with van der Waals surface area (Å²) in [5.74, 6) is -3.93. The highest BCUT2D eigenvalue weighted by molar-refractivity contribution is 6.20. The summed E-state index contributed by atoms with van der Waals surface area (Å²) in [6.45, 7) is 0. The molecule has 218 valence electrons. The van der Waals surface area contributed by atoms with Crippen LogP contribution in [0.3, 0.4) is 0 Å². The Hall–Kier alpha value is -5.87. The molecule has 4 heteroatoms. The van der Waals surface area contributed by atoms with Gasteiger partial charge >= 0.3 is 0 Å². The van der Waals surface area contributed by atoms with E-state index in [1.807, 2.05) is 146 Å². The third-order valence-corrected chi connectivity index (χ3v) is 9.90. The molecule has 0 atom stereocenters. The van der Waals surface area contributed by atoms with Gasteiger partial charge in [-0.25, -0.2) is 4.90 Å². The van der Waals surface area contributed by atoms with E-state index in [2.05, 4.69) is 0 Å². The molecule has 9 rings (SSSR count). The van der Waals surface area contributed by atoms with E-state index >= 15 is 14.4 Å². The maximum absolute atomic E-state index is 15.2. The van der Waals surface area contributed by atoms with Crippen LogP contribution in [0.15, 0.2) is 146 Å². The number of hydrogen-bond donors (Lipinski definition) is 0. The van der Waals surface area contributed by atoms with Gasteiger partial charge in [-0.05, 0) is 66.8 Å². The van der Waals surface area contributed by atoms with E-state index in [9.17, 15) is 0 Å². The van der Waals surface area contributed by atoms with Crippen LogP contribution in [0, 0.1) is 0 Å². The Balaban J connectivity index is 1.25. The quantitative estimate of drug-likeness (QED) is 0.194. The Morgan fingerprint density at radius 2 is 0.478 bits per heavy atom. The molecule has 0 heterocycles. The van der Waals surface area contributed by atoms with Crippen molar-refractivity contribution in [3.8, 4) is 33.4 Å². The van der Waals surface area contributed by atoms with Crippen LogP contribution in [0.2, 0.25) is 0 Å². The van der Waals surface area contributed by atoms with Crippen LogP contribution in [0.4, 0.5) is 0 Å². The van der Waals surface area contributed by atoms with Crippen molar-refractivity contribution in [3.05, 3.63) is 179 Å². The maximum Gasteiger partial charge on any atom is 0.248 e. The molecule has 6 aromatic rings. The standard InChI is InChI=1S/C42H27NO3/c44-40(37-31-19-7-1-13-25(31)26-14-2-8-20-32(26)37)43(41(45)38-33-21-9-3-15-27(33)28-16-4-10-22-34(28)38)42(46)39-35-23-11-5-17-29(35)30-18-6-12-24-36(30)39/h1-24,37-39H. The van der Waals surface area contributed by atoms with E-state index in [-0.39, 0.29) is 0 Å². The highest BCUT2D eigenvalue weighted by atomic mass is 16.2. The predicted molar refractivity (Wildman–Crippen MR) is 178 cm³/mol. The number of imide groups is 3. The van der Waals surface area contributed by atoms with Gasteiger partial charge in [-0.1, -0.05) is 146 Å². The van der Waals surface area contributed by atoms with Crippen LogP contribution in [0.25, 0.3) is 33.4 Å². The van der Waals surface area contributed by atoms with Gasteiger partial charge in [-0.2, -0.15) is 0 Å². The predicted octanol–water partition coefficient (Wildman–Crippen LogP) is 8.31. The van der Waals surface area contributed by atoms with Crippen molar-refractivity contribution in [2.45, 2.75) is 17.8 Å². The molecule has 0 radical (unpaired) electrons. The summed E-state index contributed by atoms with van der Waals surface area (Å²) >= 11 is 0. The number of nitrogens with zero attached hydrogens (tertiary/aromatic N) is 1. The molecule has 0 saturated heterocycles. The Labute approximate surface area is 266 Å². The zero-order chi connectivity index (χ0) is 30.9. The second-order valence-electron chi connectivity index (χ2n) is 12.2. The van der Waals surface area contributed by atoms with Gasteiger partial charge < -0.3 is 0 Å². The largest absolute Gasteiger partial charge is 0.273 e. The molecule has 3 aliphatic carbocycles. The van der Waals surface area contributed by atoms with Gasteiger partial charge in [-0.15, -0.1) is 0 Å². The molecule has 6 aromatic carbocycles. The number of carbonyl (C=O) groups excluding carboxylic acids is 3. The first-order chi connectivity index (χ1) is 22.6. The van der Waals surface area contributed by atoms with Gasteiger partial charge in [0.05, 0.1) is 17.8 Å². The molecule has 0 bridgehead atoms. The lowest BCUT2D eigenvalue weighted by atomic mass is 9.89. The summed E-state index contributed by atoms with van der Waals surface area (Å²) in [6, 6.07) is 46.8. The summed E-state index contributed by atoms with van der Waals surface area (Å²) in [7, 11) is 0. The Bertz CT molecular complexity index is 1880. The first kappa shape index (κ1) is 26.5. The molecule has 0 N–H and O–H groups in total. The Morgan fingerprint density at radius 3 is 0.674 bits per heavy atom. The van der Waals surface area contributed by atoms with E-state index in [1.54, 1.807) is 0 Å². The number of hydrogen-bond acceptors (Lipinski definition) is 3. The highest BCUT2D eigenvalue weighted by Gasteiger charge is 2.48. The van der Waals surface area contributed by atoms with Crippen molar-refractivity contribution < 1.29 is 14.4 Å². The first-order valence-corrected chi connectivity index (χ1v) is 15.6.